The number of carbonyl (C=O) groups excluding carboxylic acids is 1. The van der Waals surface area contributed by atoms with Crippen molar-refractivity contribution in [1.29, 1.82) is 0 Å². The van der Waals surface area contributed by atoms with E-state index in [-0.39, 0.29) is 5.78 Å². The van der Waals surface area contributed by atoms with Gasteiger partial charge in [-0.1, -0.05) is 53.2 Å². The van der Waals surface area contributed by atoms with Crippen LogP contribution in [0.15, 0.2) is 22.5 Å². The molecule has 0 unspecified atom stereocenters. The Morgan fingerprint density at radius 2 is 2.14 bits per heavy atom. The van der Waals surface area contributed by atoms with Gasteiger partial charge >= 0.3 is 0 Å². The number of anilines is 1. The SMILES string of the molecule is CCCNc1nnc(SCC(=O)c2ccc(Cl)c(Cl)c2)s1. The summed E-state index contributed by atoms with van der Waals surface area (Å²) in [5.41, 5.74) is 0.547. The summed E-state index contributed by atoms with van der Waals surface area (Å²) >= 11 is 14.6. The maximum absolute atomic E-state index is 12.1. The van der Waals surface area contributed by atoms with Crippen molar-refractivity contribution in [3.05, 3.63) is 33.8 Å². The fourth-order valence-corrected chi connectivity index (χ4v) is 3.42. The average Bonchev–Trinajstić information content (AvgIpc) is 2.93. The standard InChI is InChI=1S/C13H13Cl2N3OS2/c1-2-5-16-12-17-18-13(21-12)20-7-11(19)8-3-4-9(14)10(15)6-8/h3-4,6H,2,5,7H2,1H3,(H,16,17). The van der Waals surface area contributed by atoms with Crippen molar-refractivity contribution < 1.29 is 4.79 Å². The van der Waals surface area contributed by atoms with Crippen LogP contribution in [0, 0.1) is 0 Å². The Hall–Kier alpha value is -0.820. The Balaban J connectivity index is 1.91. The van der Waals surface area contributed by atoms with Crippen molar-refractivity contribution in [1.82, 2.24) is 10.2 Å². The average molecular weight is 362 g/mol. The largest absolute Gasteiger partial charge is 0.360 e. The second-order valence-corrected chi connectivity index (χ2v) is 7.16. The zero-order chi connectivity index (χ0) is 15.2. The molecule has 1 heterocycles. The number of benzene rings is 1. The first-order valence-corrected chi connectivity index (χ1v) is 8.84. The number of nitrogens with one attached hydrogen (secondary N) is 1. The molecular weight excluding hydrogens is 349 g/mol. The Morgan fingerprint density at radius 1 is 1.33 bits per heavy atom. The molecule has 0 saturated carbocycles. The summed E-state index contributed by atoms with van der Waals surface area (Å²) in [6.07, 6.45) is 1.03. The molecule has 0 aliphatic carbocycles. The minimum atomic E-state index is -0.0168. The molecule has 1 aromatic heterocycles. The van der Waals surface area contributed by atoms with Crippen molar-refractivity contribution in [2.24, 2.45) is 0 Å². The first-order chi connectivity index (χ1) is 10.1. The normalized spacial score (nSPS) is 10.6. The molecule has 2 aromatic rings. The molecule has 0 amide bonds. The van der Waals surface area contributed by atoms with Gasteiger partial charge in [0.1, 0.15) is 0 Å². The highest BCUT2D eigenvalue weighted by molar-refractivity contribution is 8.01. The summed E-state index contributed by atoms with van der Waals surface area (Å²) in [6.45, 7) is 2.95. The van der Waals surface area contributed by atoms with Crippen LogP contribution in [-0.4, -0.2) is 28.3 Å². The van der Waals surface area contributed by atoms with Gasteiger partial charge in [0.2, 0.25) is 5.13 Å². The molecule has 4 nitrogen and oxygen atoms in total. The Morgan fingerprint density at radius 3 is 2.86 bits per heavy atom. The molecule has 0 aliphatic heterocycles. The third kappa shape index (κ3) is 4.85. The van der Waals surface area contributed by atoms with E-state index >= 15 is 0 Å². The van der Waals surface area contributed by atoms with Crippen LogP contribution in [0.3, 0.4) is 0 Å². The molecule has 21 heavy (non-hydrogen) atoms. The summed E-state index contributed by atoms with van der Waals surface area (Å²) in [6, 6.07) is 4.88. The van der Waals surface area contributed by atoms with Crippen molar-refractivity contribution in [2.45, 2.75) is 17.7 Å². The predicted molar refractivity (Wildman–Crippen MR) is 90.2 cm³/mol. The fraction of sp³-hybridized carbons (Fsp3) is 0.308. The smallest absolute Gasteiger partial charge is 0.206 e. The lowest BCUT2D eigenvalue weighted by molar-refractivity contribution is 0.102. The van der Waals surface area contributed by atoms with Crippen LogP contribution in [0.1, 0.15) is 23.7 Å². The first-order valence-electron chi connectivity index (χ1n) is 6.28. The van der Waals surface area contributed by atoms with E-state index in [2.05, 4.69) is 22.4 Å². The lowest BCUT2D eigenvalue weighted by Crippen LogP contribution is -2.02. The first kappa shape index (κ1) is 16.5. The number of hydrogen-bond acceptors (Lipinski definition) is 6. The molecule has 0 saturated heterocycles. The number of carbonyl (C=O) groups is 1. The van der Waals surface area contributed by atoms with E-state index in [4.69, 9.17) is 23.2 Å². The number of nitrogens with zero attached hydrogens (tertiary/aromatic N) is 2. The topological polar surface area (TPSA) is 54.9 Å². The summed E-state index contributed by atoms with van der Waals surface area (Å²) in [4.78, 5) is 12.1. The number of Topliss-reactive ketones (excluding diaryl/α,β-unsaturated/α-hetero) is 1. The maximum atomic E-state index is 12.1. The molecule has 1 aromatic carbocycles. The van der Waals surface area contributed by atoms with Crippen LogP contribution in [0.2, 0.25) is 10.0 Å². The molecule has 0 aliphatic rings. The second kappa shape index (κ2) is 7.98. The zero-order valence-corrected chi connectivity index (χ0v) is 14.4. The summed E-state index contributed by atoms with van der Waals surface area (Å²) in [5.74, 6) is 0.275. The molecule has 0 radical (unpaired) electrons. The number of halogens is 2. The van der Waals surface area contributed by atoms with Gasteiger partial charge < -0.3 is 5.32 Å². The highest BCUT2D eigenvalue weighted by Crippen LogP contribution is 2.27. The quantitative estimate of drug-likeness (QED) is 0.574. The van der Waals surface area contributed by atoms with Gasteiger partial charge in [0.15, 0.2) is 10.1 Å². The minimum Gasteiger partial charge on any atom is -0.360 e. The van der Waals surface area contributed by atoms with Crippen LogP contribution >= 0.6 is 46.3 Å². The number of hydrogen-bond donors (Lipinski definition) is 1. The van der Waals surface area contributed by atoms with Crippen LogP contribution in [0.4, 0.5) is 5.13 Å². The lowest BCUT2D eigenvalue weighted by atomic mass is 10.1. The van der Waals surface area contributed by atoms with E-state index in [9.17, 15) is 4.79 Å². The number of aromatic nitrogens is 2. The Kier molecular flexibility index (Phi) is 6.29. The van der Waals surface area contributed by atoms with Gasteiger partial charge in [0, 0.05) is 12.1 Å². The van der Waals surface area contributed by atoms with Gasteiger partial charge in [-0.3, -0.25) is 4.79 Å². The van der Waals surface area contributed by atoms with Gasteiger partial charge in [-0.15, -0.1) is 10.2 Å². The van der Waals surface area contributed by atoms with E-state index in [1.807, 2.05) is 0 Å². The van der Waals surface area contributed by atoms with Crippen molar-refractivity contribution in [2.75, 3.05) is 17.6 Å². The predicted octanol–water partition coefficient (Wildman–Crippen LogP) is 4.64. The zero-order valence-electron chi connectivity index (χ0n) is 11.2. The molecule has 0 spiro atoms. The van der Waals surface area contributed by atoms with Crippen molar-refractivity contribution in [3.63, 3.8) is 0 Å². The summed E-state index contributed by atoms with van der Waals surface area (Å²) < 4.78 is 0.766. The number of thioether (sulfide) groups is 1. The maximum Gasteiger partial charge on any atom is 0.206 e. The number of rotatable bonds is 7. The van der Waals surface area contributed by atoms with Gasteiger partial charge in [0.25, 0.3) is 0 Å². The highest BCUT2D eigenvalue weighted by atomic mass is 35.5. The third-order valence-corrected chi connectivity index (χ3v) is 5.25. The molecule has 0 fully saturated rings. The van der Waals surface area contributed by atoms with E-state index < -0.39 is 0 Å². The fourth-order valence-electron chi connectivity index (χ4n) is 1.45. The lowest BCUT2D eigenvalue weighted by Gasteiger charge is -2.01. The molecule has 8 heteroatoms. The molecule has 112 valence electrons. The third-order valence-electron chi connectivity index (χ3n) is 2.50. The highest BCUT2D eigenvalue weighted by Gasteiger charge is 2.11. The van der Waals surface area contributed by atoms with Gasteiger partial charge in [-0.25, -0.2) is 0 Å². The Bertz CT molecular complexity index is 634. The number of ketones is 1. The van der Waals surface area contributed by atoms with E-state index in [0.717, 1.165) is 22.4 Å². The van der Waals surface area contributed by atoms with Gasteiger partial charge in [-0.05, 0) is 24.6 Å². The molecule has 2 rings (SSSR count). The van der Waals surface area contributed by atoms with E-state index in [1.54, 1.807) is 18.2 Å². The van der Waals surface area contributed by atoms with Crippen LogP contribution in [0.25, 0.3) is 0 Å². The molecule has 1 N–H and O–H groups in total. The Labute approximate surface area is 141 Å². The molecule has 0 atom stereocenters. The molecule has 0 bridgehead atoms. The van der Waals surface area contributed by atoms with Crippen molar-refractivity contribution in [3.8, 4) is 0 Å². The summed E-state index contributed by atoms with van der Waals surface area (Å²) in [7, 11) is 0. The summed E-state index contributed by atoms with van der Waals surface area (Å²) in [5, 5.41) is 12.8. The van der Waals surface area contributed by atoms with Crippen molar-refractivity contribution >= 4 is 57.2 Å². The second-order valence-electron chi connectivity index (χ2n) is 4.14. The minimum absolute atomic E-state index is 0.0168. The van der Waals surface area contributed by atoms with Crippen LogP contribution in [-0.2, 0) is 0 Å². The molecular formula is C13H13Cl2N3OS2. The van der Waals surface area contributed by atoms with Gasteiger partial charge in [0.05, 0.1) is 15.8 Å². The van der Waals surface area contributed by atoms with Gasteiger partial charge in [-0.2, -0.15) is 0 Å². The van der Waals surface area contributed by atoms with Crippen LogP contribution in [0.5, 0.6) is 0 Å². The van der Waals surface area contributed by atoms with E-state index in [0.29, 0.717) is 21.4 Å². The van der Waals surface area contributed by atoms with E-state index in [1.165, 1.54) is 23.1 Å². The monoisotopic (exact) mass is 361 g/mol. The van der Waals surface area contributed by atoms with Crippen LogP contribution < -0.4 is 5.32 Å².